The van der Waals surface area contributed by atoms with Crippen molar-refractivity contribution in [1.29, 1.82) is 0 Å². The van der Waals surface area contributed by atoms with Crippen LogP contribution in [0.2, 0.25) is 0 Å². The molecule has 5 heteroatoms. The van der Waals surface area contributed by atoms with Crippen LogP contribution in [0.5, 0.6) is 0 Å². The Morgan fingerprint density at radius 2 is 0.678 bits per heavy atom. The Kier molecular flexibility index (Phi) is 4.92. The van der Waals surface area contributed by atoms with Crippen molar-refractivity contribution in [2.75, 3.05) is 9.80 Å². The molecular weight excluding hydrogens is 715 g/mol. The molecule has 3 aliphatic rings. The number of fused-ring (bicyclic) bond motifs is 15. The number of benzene rings is 9. The molecule has 4 aromatic heterocycles. The van der Waals surface area contributed by atoms with Gasteiger partial charge in [0.05, 0.1) is 33.1 Å². The first-order valence-electron chi connectivity index (χ1n) is 20.7. The molecule has 16 rings (SSSR count). The van der Waals surface area contributed by atoms with Crippen LogP contribution >= 0.6 is 0 Å². The van der Waals surface area contributed by atoms with E-state index in [4.69, 9.17) is 0 Å². The third-order valence-corrected chi connectivity index (χ3v) is 14.2. The van der Waals surface area contributed by atoms with E-state index in [1.807, 2.05) is 0 Å². The number of hydrogen-bond acceptors (Lipinski definition) is 2. The summed E-state index contributed by atoms with van der Waals surface area (Å²) in [6, 6.07) is 66.1. The van der Waals surface area contributed by atoms with Gasteiger partial charge in [0, 0.05) is 88.3 Å². The van der Waals surface area contributed by atoms with Crippen LogP contribution in [-0.4, -0.2) is 15.5 Å². The van der Waals surface area contributed by atoms with E-state index in [-0.39, 0.29) is 6.71 Å². The maximum Gasteiger partial charge on any atom is 0.253 e. The largest absolute Gasteiger partial charge is 0.311 e. The van der Waals surface area contributed by atoms with E-state index in [0.717, 1.165) is 0 Å². The molecule has 3 aliphatic heterocycles. The molecule has 13 aromatic rings. The van der Waals surface area contributed by atoms with Crippen LogP contribution in [0.25, 0.3) is 87.3 Å². The molecule has 59 heavy (non-hydrogen) atoms. The van der Waals surface area contributed by atoms with Gasteiger partial charge in [-0.15, -0.1) is 0 Å². The lowest BCUT2D eigenvalue weighted by molar-refractivity contribution is 1.26. The lowest BCUT2D eigenvalue weighted by Gasteiger charge is -2.42. The first kappa shape index (κ1) is 29.5. The lowest BCUT2D eigenvalue weighted by atomic mass is 9.35. The molecule has 4 nitrogen and oxygen atoms in total. The van der Waals surface area contributed by atoms with Crippen LogP contribution in [-0.2, 0) is 0 Å². The zero-order chi connectivity index (χ0) is 37.8. The first-order chi connectivity index (χ1) is 29.3. The summed E-state index contributed by atoms with van der Waals surface area (Å²) in [6.45, 7) is 0.0498. The fourth-order valence-corrected chi connectivity index (χ4v) is 12.2. The summed E-state index contributed by atoms with van der Waals surface area (Å²) in [6.07, 6.45) is 0. The van der Waals surface area contributed by atoms with Gasteiger partial charge in [0.15, 0.2) is 0 Å². The van der Waals surface area contributed by atoms with Gasteiger partial charge in [-0.3, -0.25) is 0 Å². The van der Waals surface area contributed by atoms with Crippen molar-refractivity contribution in [2.45, 2.75) is 0 Å². The number of nitrogens with zero attached hydrogens (tertiary/aromatic N) is 4. The SMILES string of the molecule is c1ccc(N2c3cccc4c3B3c5c2cc2c6cccc7c8ccccc8n(c2c5-c2c3c(cc3c5cccc8c9ccccc9n(c23)c85)N4c2ccccc2)c76)cc1. The Morgan fingerprint density at radius 1 is 0.288 bits per heavy atom. The van der Waals surface area contributed by atoms with E-state index in [1.54, 1.807) is 0 Å². The summed E-state index contributed by atoms with van der Waals surface area (Å²) in [5, 5.41) is 10.4. The molecule has 0 saturated heterocycles. The summed E-state index contributed by atoms with van der Waals surface area (Å²) in [7, 11) is 0. The molecule has 268 valence electrons. The highest BCUT2D eigenvalue weighted by Crippen LogP contribution is 2.55. The molecule has 9 aromatic carbocycles. The van der Waals surface area contributed by atoms with Crippen molar-refractivity contribution < 1.29 is 0 Å². The summed E-state index contributed by atoms with van der Waals surface area (Å²) in [4.78, 5) is 5.14. The smallest absolute Gasteiger partial charge is 0.253 e. The Hall–Kier alpha value is -7.76. The Morgan fingerprint density at radius 3 is 1.15 bits per heavy atom. The van der Waals surface area contributed by atoms with Gasteiger partial charge in [-0.25, -0.2) is 0 Å². The van der Waals surface area contributed by atoms with Crippen LogP contribution in [0, 0.1) is 0 Å². The summed E-state index contributed by atoms with van der Waals surface area (Å²) in [5.41, 5.74) is 22.1. The molecule has 0 spiro atoms. The summed E-state index contributed by atoms with van der Waals surface area (Å²) < 4.78 is 5.26. The molecule has 0 saturated carbocycles. The zero-order valence-corrected chi connectivity index (χ0v) is 31.6. The predicted octanol–water partition coefficient (Wildman–Crippen LogP) is 12.0. The molecule has 0 N–H and O–H groups in total. The normalized spacial score (nSPS) is 14.0. The standard InChI is InChI=1S/C54H29BN4/c1-3-14-30(15-4-1)56-42-26-13-27-43-48(42)55-49-44(56)28-38-36-22-11-20-34-32-18-7-9-24-40(32)58(51(34)36)53(38)46(49)47-50(55)45(57(43)31-16-5-2-6-17-31)29-39-37-23-12-21-35-33-19-8-10-25-41(33)59(52(35)37)54(39)47/h1-29H. The average Bonchev–Trinajstić information content (AvgIpc) is 4.09. The molecule has 0 amide bonds. The van der Waals surface area contributed by atoms with Crippen LogP contribution < -0.4 is 26.2 Å². The van der Waals surface area contributed by atoms with Crippen LogP contribution in [0.15, 0.2) is 176 Å². The number of hydrogen-bond donors (Lipinski definition) is 0. The molecule has 0 fully saturated rings. The lowest BCUT2D eigenvalue weighted by Crippen LogP contribution is -2.59. The second kappa shape index (κ2) is 9.85. The molecule has 0 aliphatic carbocycles. The Balaban J connectivity index is 1.23. The highest BCUT2D eigenvalue weighted by molar-refractivity contribution is 7.04. The molecular formula is C54H29BN4. The second-order valence-electron chi connectivity index (χ2n) is 16.8. The Bertz CT molecular complexity index is 3770. The number of para-hydroxylation sites is 6. The maximum absolute atomic E-state index is 2.63. The van der Waals surface area contributed by atoms with Gasteiger partial charge < -0.3 is 18.6 Å². The van der Waals surface area contributed by atoms with Crippen LogP contribution in [0.4, 0.5) is 34.1 Å². The molecule has 0 bridgehead atoms. The van der Waals surface area contributed by atoms with Gasteiger partial charge >= 0.3 is 0 Å². The molecule has 0 radical (unpaired) electrons. The van der Waals surface area contributed by atoms with Crippen LogP contribution in [0.3, 0.4) is 0 Å². The minimum absolute atomic E-state index is 0.0498. The first-order valence-corrected chi connectivity index (χ1v) is 20.7. The number of rotatable bonds is 2. The van der Waals surface area contributed by atoms with Crippen molar-refractivity contribution in [3.8, 4) is 11.1 Å². The Labute approximate surface area is 337 Å². The molecule has 7 heterocycles. The van der Waals surface area contributed by atoms with Crippen molar-refractivity contribution in [2.24, 2.45) is 0 Å². The van der Waals surface area contributed by atoms with E-state index in [9.17, 15) is 0 Å². The summed E-state index contributed by atoms with van der Waals surface area (Å²) >= 11 is 0. The van der Waals surface area contributed by atoms with Gasteiger partial charge in [-0.1, -0.05) is 115 Å². The van der Waals surface area contributed by atoms with Gasteiger partial charge in [0.1, 0.15) is 0 Å². The third kappa shape index (κ3) is 3.16. The highest BCUT2D eigenvalue weighted by Gasteiger charge is 2.51. The van der Waals surface area contributed by atoms with Gasteiger partial charge in [-0.2, -0.15) is 0 Å². The van der Waals surface area contributed by atoms with Crippen molar-refractivity contribution in [3.63, 3.8) is 0 Å². The second-order valence-corrected chi connectivity index (χ2v) is 16.8. The summed E-state index contributed by atoms with van der Waals surface area (Å²) in [5.74, 6) is 0. The maximum atomic E-state index is 2.63. The fourth-order valence-electron chi connectivity index (χ4n) is 12.2. The minimum atomic E-state index is 0.0498. The average molecular weight is 745 g/mol. The van der Waals surface area contributed by atoms with Crippen LogP contribution in [0.1, 0.15) is 0 Å². The molecule has 0 atom stereocenters. The highest BCUT2D eigenvalue weighted by atomic mass is 15.2. The van der Waals surface area contributed by atoms with Crippen molar-refractivity contribution in [1.82, 2.24) is 8.80 Å². The fraction of sp³-hybridized carbons (Fsp3) is 0. The van der Waals surface area contributed by atoms with E-state index >= 15 is 0 Å². The van der Waals surface area contributed by atoms with E-state index in [2.05, 4.69) is 195 Å². The number of anilines is 6. The van der Waals surface area contributed by atoms with Gasteiger partial charge in [0.2, 0.25) is 0 Å². The van der Waals surface area contributed by atoms with Gasteiger partial charge in [-0.05, 0) is 77.1 Å². The zero-order valence-electron chi connectivity index (χ0n) is 31.6. The predicted molar refractivity (Wildman–Crippen MR) is 249 cm³/mol. The van der Waals surface area contributed by atoms with E-state index in [0.29, 0.717) is 0 Å². The quantitative estimate of drug-likeness (QED) is 0.164. The van der Waals surface area contributed by atoms with Crippen molar-refractivity contribution >= 4 is 133 Å². The van der Waals surface area contributed by atoms with Crippen molar-refractivity contribution in [3.05, 3.63) is 176 Å². The number of aromatic nitrogens is 2. The molecule has 0 unspecified atom stereocenters. The van der Waals surface area contributed by atoms with Gasteiger partial charge in [0.25, 0.3) is 6.71 Å². The minimum Gasteiger partial charge on any atom is -0.311 e. The topological polar surface area (TPSA) is 15.3 Å². The van der Waals surface area contributed by atoms with E-state index in [1.165, 1.54) is 138 Å². The monoisotopic (exact) mass is 744 g/mol. The third-order valence-electron chi connectivity index (χ3n) is 14.2. The van der Waals surface area contributed by atoms with E-state index < -0.39 is 0 Å².